The number of aliphatic hydroxyl groups is 1. The number of carbonyl (C=O) groups is 1. The summed E-state index contributed by atoms with van der Waals surface area (Å²) in [7, 11) is 1.95. The first-order valence-corrected chi connectivity index (χ1v) is 8.20. The summed E-state index contributed by atoms with van der Waals surface area (Å²) in [5.74, 6) is 0.300. The van der Waals surface area contributed by atoms with Crippen LogP contribution in [0.15, 0.2) is 18.2 Å². The van der Waals surface area contributed by atoms with Crippen molar-refractivity contribution < 1.29 is 9.90 Å². The molecule has 0 heterocycles. The molecular weight excluding hydrogens is 276 g/mol. The van der Waals surface area contributed by atoms with Crippen LogP contribution in [-0.2, 0) is 4.79 Å². The molecule has 2 rings (SSSR count). The number of rotatable bonds is 5. The number of benzene rings is 1. The molecule has 4 heteroatoms. The highest BCUT2D eigenvalue weighted by Gasteiger charge is 2.24. The third-order valence-corrected chi connectivity index (χ3v) is 4.71. The van der Waals surface area contributed by atoms with Crippen molar-refractivity contribution >= 4 is 11.6 Å². The molecule has 0 radical (unpaired) electrons. The van der Waals surface area contributed by atoms with Gasteiger partial charge in [-0.1, -0.05) is 25.0 Å². The quantitative estimate of drug-likeness (QED) is 0.879. The van der Waals surface area contributed by atoms with Crippen molar-refractivity contribution in [2.24, 2.45) is 5.92 Å². The Morgan fingerprint density at radius 2 is 2.05 bits per heavy atom. The summed E-state index contributed by atoms with van der Waals surface area (Å²) in [6, 6.07) is 5.94. The standard InChI is InChI=1S/C18H28N2O2/c1-13-7-6-9-16(14(13)2)19-18(22)12-20(3)11-15-8-4-5-10-17(15)21/h6-7,9,15,17,21H,4-5,8,10-12H2,1-3H3,(H,19,22). The van der Waals surface area contributed by atoms with Crippen LogP contribution in [0.3, 0.4) is 0 Å². The van der Waals surface area contributed by atoms with Gasteiger partial charge >= 0.3 is 0 Å². The fraction of sp³-hybridized carbons (Fsp3) is 0.611. The molecule has 1 amide bonds. The minimum atomic E-state index is -0.210. The molecule has 4 nitrogen and oxygen atoms in total. The summed E-state index contributed by atoms with van der Waals surface area (Å²) in [4.78, 5) is 14.2. The average Bonchev–Trinajstić information content (AvgIpc) is 2.46. The van der Waals surface area contributed by atoms with Crippen LogP contribution in [0.2, 0.25) is 0 Å². The van der Waals surface area contributed by atoms with Crippen molar-refractivity contribution in [3.05, 3.63) is 29.3 Å². The lowest BCUT2D eigenvalue weighted by Crippen LogP contribution is -2.38. The number of hydrogen-bond donors (Lipinski definition) is 2. The van der Waals surface area contributed by atoms with Crippen LogP contribution in [0.1, 0.15) is 36.8 Å². The normalized spacial score (nSPS) is 21.9. The average molecular weight is 304 g/mol. The van der Waals surface area contributed by atoms with E-state index in [0.29, 0.717) is 12.5 Å². The van der Waals surface area contributed by atoms with E-state index >= 15 is 0 Å². The molecule has 0 aromatic heterocycles. The van der Waals surface area contributed by atoms with Crippen LogP contribution < -0.4 is 5.32 Å². The van der Waals surface area contributed by atoms with Crippen LogP contribution >= 0.6 is 0 Å². The van der Waals surface area contributed by atoms with E-state index in [0.717, 1.165) is 37.1 Å². The highest BCUT2D eigenvalue weighted by molar-refractivity contribution is 5.93. The first-order valence-electron chi connectivity index (χ1n) is 8.20. The van der Waals surface area contributed by atoms with Crippen molar-refractivity contribution in [1.82, 2.24) is 4.90 Å². The van der Waals surface area contributed by atoms with E-state index in [1.165, 1.54) is 12.0 Å². The molecule has 1 aliphatic rings. The van der Waals surface area contributed by atoms with E-state index in [1.807, 2.05) is 44.0 Å². The SMILES string of the molecule is Cc1cccc(NC(=O)CN(C)CC2CCCCC2O)c1C. The molecule has 1 fully saturated rings. The molecule has 0 spiro atoms. The minimum absolute atomic E-state index is 0.00139. The minimum Gasteiger partial charge on any atom is -0.393 e. The summed E-state index contributed by atoms with van der Waals surface area (Å²) in [5.41, 5.74) is 3.17. The maximum atomic E-state index is 12.2. The topological polar surface area (TPSA) is 52.6 Å². The first-order chi connectivity index (χ1) is 10.5. The second-order valence-electron chi connectivity index (χ2n) is 6.60. The Bertz CT molecular complexity index is 516. The van der Waals surface area contributed by atoms with Crippen molar-refractivity contribution in [2.45, 2.75) is 45.6 Å². The van der Waals surface area contributed by atoms with Crippen LogP contribution in [0.4, 0.5) is 5.69 Å². The predicted molar refractivity (Wildman–Crippen MR) is 90.0 cm³/mol. The predicted octanol–water partition coefficient (Wildman–Crippen LogP) is 2.72. The third kappa shape index (κ3) is 4.55. The molecule has 2 atom stereocenters. The Kier molecular flexibility index (Phi) is 5.98. The summed E-state index contributed by atoms with van der Waals surface area (Å²) in [6.45, 7) is 5.20. The number of aliphatic hydroxyl groups excluding tert-OH is 1. The number of hydrogen-bond acceptors (Lipinski definition) is 3. The van der Waals surface area contributed by atoms with E-state index in [-0.39, 0.29) is 12.0 Å². The highest BCUT2D eigenvalue weighted by atomic mass is 16.3. The van der Waals surface area contributed by atoms with Crippen molar-refractivity contribution in [3.63, 3.8) is 0 Å². The van der Waals surface area contributed by atoms with E-state index in [9.17, 15) is 9.90 Å². The molecule has 1 saturated carbocycles. The Labute approximate surface area is 133 Å². The van der Waals surface area contributed by atoms with E-state index in [4.69, 9.17) is 0 Å². The number of anilines is 1. The second-order valence-corrected chi connectivity index (χ2v) is 6.60. The van der Waals surface area contributed by atoms with Crippen molar-refractivity contribution in [1.29, 1.82) is 0 Å². The Morgan fingerprint density at radius 3 is 2.77 bits per heavy atom. The van der Waals surface area contributed by atoms with Crippen molar-refractivity contribution in [2.75, 3.05) is 25.5 Å². The lowest BCUT2D eigenvalue weighted by atomic mass is 9.86. The fourth-order valence-corrected chi connectivity index (χ4v) is 3.19. The van der Waals surface area contributed by atoms with Crippen LogP contribution in [0.25, 0.3) is 0 Å². The summed E-state index contributed by atoms with van der Waals surface area (Å²) >= 11 is 0. The van der Waals surface area contributed by atoms with E-state index in [2.05, 4.69) is 5.32 Å². The number of amides is 1. The highest BCUT2D eigenvalue weighted by Crippen LogP contribution is 2.25. The molecule has 1 aliphatic carbocycles. The molecule has 0 aliphatic heterocycles. The largest absolute Gasteiger partial charge is 0.393 e. The van der Waals surface area contributed by atoms with Crippen LogP contribution in [-0.4, -0.2) is 42.2 Å². The van der Waals surface area contributed by atoms with Gasteiger partial charge in [0.25, 0.3) is 0 Å². The zero-order valence-electron chi connectivity index (χ0n) is 13.9. The number of nitrogens with zero attached hydrogens (tertiary/aromatic N) is 1. The van der Waals surface area contributed by atoms with Gasteiger partial charge in [0, 0.05) is 12.2 Å². The molecule has 2 unspecified atom stereocenters. The van der Waals surface area contributed by atoms with Gasteiger partial charge in [-0.05, 0) is 56.8 Å². The lowest BCUT2D eigenvalue weighted by molar-refractivity contribution is -0.117. The number of nitrogens with one attached hydrogen (secondary N) is 1. The monoisotopic (exact) mass is 304 g/mol. The molecule has 2 N–H and O–H groups in total. The second kappa shape index (κ2) is 7.75. The molecule has 1 aromatic rings. The lowest BCUT2D eigenvalue weighted by Gasteiger charge is -2.31. The molecule has 0 bridgehead atoms. The Morgan fingerprint density at radius 1 is 1.32 bits per heavy atom. The Hall–Kier alpha value is -1.39. The zero-order valence-corrected chi connectivity index (χ0v) is 13.9. The van der Waals surface area contributed by atoms with Crippen LogP contribution in [0, 0.1) is 19.8 Å². The van der Waals surface area contributed by atoms with Gasteiger partial charge in [-0.15, -0.1) is 0 Å². The molecule has 0 saturated heterocycles. The third-order valence-electron chi connectivity index (χ3n) is 4.71. The maximum absolute atomic E-state index is 12.2. The summed E-state index contributed by atoms with van der Waals surface area (Å²) < 4.78 is 0. The van der Waals surface area contributed by atoms with E-state index in [1.54, 1.807) is 0 Å². The molecule has 1 aromatic carbocycles. The van der Waals surface area contributed by atoms with Crippen LogP contribution in [0.5, 0.6) is 0 Å². The van der Waals surface area contributed by atoms with Gasteiger partial charge in [0.2, 0.25) is 5.91 Å². The summed E-state index contributed by atoms with van der Waals surface area (Å²) in [6.07, 6.45) is 4.05. The number of aryl methyl sites for hydroxylation is 1. The molecular formula is C18H28N2O2. The van der Waals surface area contributed by atoms with Gasteiger partial charge in [-0.2, -0.15) is 0 Å². The van der Waals surface area contributed by atoms with Gasteiger partial charge in [-0.25, -0.2) is 0 Å². The zero-order chi connectivity index (χ0) is 16.1. The fourth-order valence-electron chi connectivity index (χ4n) is 3.19. The van der Waals surface area contributed by atoms with Gasteiger partial charge in [0.15, 0.2) is 0 Å². The number of likely N-dealkylation sites (N-methyl/N-ethyl adjacent to an activating group) is 1. The first kappa shape index (κ1) is 17.0. The van der Waals surface area contributed by atoms with Gasteiger partial charge < -0.3 is 10.4 Å². The maximum Gasteiger partial charge on any atom is 0.238 e. The smallest absolute Gasteiger partial charge is 0.238 e. The van der Waals surface area contributed by atoms with Crippen molar-refractivity contribution in [3.8, 4) is 0 Å². The molecule has 122 valence electrons. The van der Waals surface area contributed by atoms with Gasteiger partial charge in [-0.3, -0.25) is 9.69 Å². The van der Waals surface area contributed by atoms with Gasteiger partial charge in [0.05, 0.1) is 12.6 Å². The molecule has 22 heavy (non-hydrogen) atoms. The van der Waals surface area contributed by atoms with Gasteiger partial charge in [0.1, 0.15) is 0 Å². The van der Waals surface area contributed by atoms with E-state index < -0.39 is 0 Å². The number of carbonyl (C=O) groups excluding carboxylic acids is 1. The summed E-state index contributed by atoms with van der Waals surface area (Å²) in [5, 5.41) is 13.0. The Balaban J connectivity index is 1.84.